The molecule has 10 heteroatoms. The van der Waals surface area contributed by atoms with E-state index in [2.05, 4.69) is 44.2 Å². The first-order valence-electron chi connectivity index (χ1n) is 11.9. The molecule has 0 aliphatic carbocycles. The molecular weight excluding hydrogens is 480 g/mol. The number of aliphatic hydroxyl groups excluding tert-OH is 1. The fourth-order valence-corrected chi connectivity index (χ4v) is 5.05. The van der Waals surface area contributed by atoms with Crippen LogP contribution in [0.25, 0.3) is 0 Å². The van der Waals surface area contributed by atoms with E-state index >= 15 is 0 Å². The van der Waals surface area contributed by atoms with Crippen LogP contribution in [0.1, 0.15) is 34.7 Å². The second-order valence-corrected chi connectivity index (χ2v) is 10.9. The van der Waals surface area contributed by atoms with Crippen LogP contribution in [0.3, 0.4) is 0 Å². The molecule has 2 aromatic rings. The largest absolute Gasteiger partial charge is 0.382 e. The van der Waals surface area contributed by atoms with Gasteiger partial charge in [-0.2, -0.15) is 0 Å². The van der Waals surface area contributed by atoms with Crippen LogP contribution in [0.15, 0.2) is 48.5 Å². The van der Waals surface area contributed by atoms with E-state index in [0.29, 0.717) is 0 Å². The summed E-state index contributed by atoms with van der Waals surface area (Å²) in [5.41, 5.74) is 3.67. The smallest absolute Gasteiger partial charge is 0.251 e. The van der Waals surface area contributed by atoms with Crippen LogP contribution in [0, 0.1) is 11.8 Å². The average Bonchev–Trinajstić information content (AvgIpc) is 2.86. The Kier molecular flexibility index (Phi) is 8.74. The molecule has 0 spiro atoms. The van der Waals surface area contributed by atoms with Crippen molar-refractivity contribution in [2.75, 3.05) is 39.2 Å². The number of amides is 1. The van der Waals surface area contributed by atoms with Crippen LogP contribution in [0.4, 0.5) is 0 Å². The van der Waals surface area contributed by atoms with Crippen molar-refractivity contribution in [1.29, 1.82) is 0 Å². The molecule has 3 atom stereocenters. The van der Waals surface area contributed by atoms with Crippen molar-refractivity contribution in [3.8, 4) is 11.8 Å². The Morgan fingerprint density at radius 1 is 1.08 bits per heavy atom. The minimum Gasteiger partial charge on any atom is -0.382 e. The minimum absolute atomic E-state index is 0.212. The summed E-state index contributed by atoms with van der Waals surface area (Å²) in [4.78, 5) is 14.2. The summed E-state index contributed by atoms with van der Waals surface area (Å²) < 4.78 is 31.9. The maximum absolute atomic E-state index is 12.0. The molecule has 4 N–H and O–H groups in total. The van der Waals surface area contributed by atoms with E-state index in [4.69, 9.17) is 4.74 Å². The average molecular weight is 513 g/mol. The van der Waals surface area contributed by atoms with Crippen molar-refractivity contribution in [2.45, 2.75) is 31.2 Å². The number of aliphatic hydroxyl groups is 1. The lowest BCUT2D eigenvalue weighted by Crippen LogP contribution is -2.59. The number of ether oxygens (including phenoxy) is 1. The zero-order chi connectivity index (χ0) is 25.5. The maximum Gasteiger partial charge on any atom is 0.251 e. The van der Waals surface area contributed by atoms with Gasteiger partial charge >= 0.3 is 0 Å². The van der Waals surface area contributed by atoms with Crippen LogP contribution in [0.5, 0.6) is 0 Å². The van der Waals surface area contributed by atoms with Gasteiger partial charge in [-0.1, -0.05) is 36.1 Å². The van der Waals surface area contributed by atoms with Crippen molar-refractivity contribution < 1.29 is 23.1 Å². The molecule has 2 heterocycles. The van der Waals surface area contributed by atoms with E-state index in [1.807, 2.05) is 36.4 Å². The number of morpholine rings is 1. The molecule has 4 rings (SSSR count). The molecule has 3 unspecified atom stereocenters. The summed E-state index contributed by atoms with van der Waals surface area (Å²) in [6.07, 6.45) is 0.0421. The van der Waals surface area contributed by atoms with Gasteiger partial charge in [0.15, 0.2) is 0 Å². The molecule has 2 aromatic carbocycles. The Morgan fingerprint density at radius 3 is 2.31 bits per heavy atom. The molecule has 192 valence electrons. The second kappa shape index (κ2) is 12.0. The zero-order valence-electron chi connectivity index (χ0n) is 20.2. The quantitative estimate of drug-likeness (QED) is 0.394. The van der Waals surface area contributed by atoms with Crippen LogP contribution < -0.4 is 15.4 Å². The lowest BCUT2D eigenvalue weighted by molar-refractivity contribution is -0.133. The third-order valence-electron chi connectivity index (χ3n) is 6.25. The first-order valence-corrected chi connectivity index (χ1v) is 13.8. The Balaban J connectivity index is 1.41. The van der Waals surface area contributed by atoms with E-state index in [0.717, 1.165) is 55.8 Å². The number of nitrogens with zero attached hydrogens (tertiary/aromatic N) is 1. The predicted molar refractivity (Wildman–Crippen MR) is 136 cm³/mol. The van der Waals surface area contributed by atoms with Crippen molar-refractivity contribution >= 4 is 15.9 Å². The Hall–Kier alpha value is -2.78. The predicted octanol–water partition coefficient (Wildman–Crippen LogP) is 0.305. The second-order valence-electron chi connectivity index (χ2n) is 9.11. The molecule has 36 heavy (non-hydrogen) atoms. The van der Waals surface area contributed by atoms with Crippen molar-refractivity contribution in [1.82, 2.24) is 20.3 Å². The monoisotopic (exact) mass is 512 g/mol. The Morgan fingerprint density at radius 2 is 1.69 bits per heavy atom. The van der Waals surface area contributed by atoms with Gasteiger partial charge in [0.2, 0.25) is 10.0 Å². The highest BCUT2D eigenvalue weighted by molar-refractivity contribution is 7.88. The van der Waals surface area contributed by atoms with Gasteiger partial charge in [-0.15, -0.1) is 0 Å². The number of rotatable bonds is 7. The third-order valence-corrected chi connectivity index (χ3v) is 6.96. The first-order chi connectivity index (χ1) is 17.3. The van der Waals surface area contributed by atoms with Crippen molar-refractivity contribution in [3.05, 3.63) is 70.8 Å². The van der Waals surface area contributed by atoms with Crippen LogP contribution in [-0.2, 0) is 26.1 Å². The Bertz CT molecular complexity index is 1200. The molecular formula is C26H32N4O5S. The summed E-state index contributed by atoms with van der Waals surface area (Å²) >= 11 is 0. The normalized spacial score (nSPS) is 21.8. The molecule has 0 radical (unpaired) electrons. The lowest BCUT2D eigenvalue weighted by atomic mass is 9.95. The van der Waals surface area contributed by atoms with Crippen LogP contribution in [0.2, 0.25) is 0 Å². The first kappa shape index (κ1) is 26.3. The summed E-state index contributed by atoms with van der Waals surface area (Å²) in [6.45, 7) is 4.58. The van der Waals surface area contributed by atoms with Crippen molar-refractivity contribution in [3.63, 3.8) is 0 Å². The van der Waals surface area contributed by atoms with E-state index in [9.17, 15) is 18.3 Å². The number of carbonyl (C=O) groups is 1. The van der Waals surface area contributed by atoms with Gasteiger partial charge in [0.05, 0.1) is 26.1 Å². The molecule has 0 aromatic heterocycles. The summed E-state index contributed by atoms with van der Waals surface area (Å²) in [5.74, 6) is 5.85. The van der Waals surface area contributed by atoms with Gasteiger partial charge in [0.25, 0.3) is 5.91 Å². The number of nitrogens with one attached hydrogen (secondary N) is 3. The molecule has 0 saturated carbocycles. The van der Waals surface area contributed by atoms with E-state index < -0.39 is 34.1 Å². The number of benzene rings is 2. The molecule has 2 aliphatic heterocycles. The zero-order valence-corrected chi connectivity index (χ0v) is 21.1. The van der Waals surface area contributed by atoms with Gasteiger partial charge in [-0.3, -0.25) is 15.0 Å². The topological polar surface area (TPSA) is 120 Å². The van der Waals surface area contributed by atoms with Crippen LogP contribution >= 0.6 is 0 Å². The molecule has 0 bridgehead atoms. The van der Waals surface area contributed by atoms with Gasteiger partial charge in [-0.25, -0.2) is 13.1 Å². The van der Waals surface area contributed by atoms with Gasteiger partial charge < -0.3 is 15.2 Å². The molecule has 1 amide bonds. The number of hydrogen-bond donors (Lipinski definition) is 4. The highest BCUT2D eigenvalue weighted by atomic mass is 32.2. The maximum atomic E-state index is 12.0. The van der Waals surface area contributed by atoms with Crippen molar-refractivity contribution in [2.24, 2.45) is 0 Å². The van der Waals surface area contributed by atoms with Gasteiger partial charge in [0, 0.05) is 42.8 Å². The van der Waals surface area contributed by atoms with E-state index in [-0.39, 0.29) is 13.1 Å². The lowest BCUT2D eigenvalue weighted by Gasteiger charge is -2.31. The van der Waals surface area contributed by atoms with Gasteiger partial charge in [-0.05, 0) is 41.8 Å². The third kappa shape index (κ3) is 7.61. The molecule has 2 fully saturated rings. The number of sulfonamides is 1. The molecule has 2 aliphatic rings. The summed E-state index contributed by atoms with van der Waals surface area (Å²) in [5, 5.41) is 15.7. The number of hydrogen-bond acceptors (Lipinski definition) is 7. The van der Waals surface area contributed by atoms with Crippen LogP contribution in [-0.4, -0.2) is 75.7 Å². The fraction of sp³-hybridized carbons (Fsp3) is 0.423. The highest BCUT2D eigenvalue weighted by Crippen LogP contribution is 2.22. The number of carbonyl (C=O) groups excluding carboxylic acids is 1. The van der Waals surface area contributed by atoms with E-state index in [1.54, 1.807) is 0 Å². The van der Waals surface area contributed by atoms with Gasteiger partial charge in [0.1, 0.15) is 6.10 Å². The molecule has 9 nitrogen and oxygen atoms in total. The van der Waals surface area contributed by atoms with E-state index in [1.165, 1.54) is 5.56 Å². The molecule has 2 saturated heterocycles. The summed E-state index contributed by atoms with van der Waals surface area (Å²) in [6, 6.07) is 14.3. The standard InChI is InChI=1S/C26H32N4O5S/c1-36(33,34)29-23(16-24-25(31)26(32)28-18-27-24)22-10-8-20(9-11-22)3-2-19-4-6-21(7-5-19)17-30-12-14-35-15-13-30/h4-11,23-25,27,29,31H,12-18H2,1H3,(H,28,32). The summed E-state index contributed by atoms with van der Waals surface area (Å²) in [7, 11) is -3.52. The SMILES string of the molecule is CS(=O)(=O)NC(CC1NCNC(=O)C1O)c1ccc(C#Cc2ccc(CN3CCOCC3)cc2)cc1. The fourth-order valence-electron chi connectivity index (χ4n) is 4.30. The minimum atomic E-state index is -3.52. The highest BCUT2D eigenvalue weighted by Gasteiger charge is 2.32. The Labute approximate surface area is 212 Å².